The summed E-state index contributed by atoms with van der Waals surface area (Å²) in [4.78, 5) is 13.2. The van der Waals surface area contributed by atoms with Gasteiger partial charge in [0.15, 0.2) is 0 Å². The number of alkyl halides is 6. The summed E-state index contributed by atoms with van der Waals surface area (Å²) < 4.78 is 80.8. The second-order valence-corrected chi connectivity index (χ2v) is 9.79. The van der Waals surface area contributed by atoms with E-state index in [1.807, 2.05) is 37.3 Å². The molecular formula is C22H21F6NOS2. The fourth-order valence-electron chi connectivity index (χ4n) is 2.73. The third kappa shape index (κ3) is 6.48. The molecule has 0 bridgehead atoms. The maximum Gasteiger partial charge on any atom is 0.416 e. The summed E-state index contributed by atoms with van der Waals surface area (Å²) in [6, 6.07) is 9.98. The summed E-state index contributed by atoms with van der Waals surface area (Å²) in [6.45, 7) is 6.66. The molecule has 0 saturated carbocycles. The molecule has 2 nitrogen and oxygen atoms in total. The molecule has 2 aromatic rings. The van der Waals surface area contributed by atoms with E-state index in [9.17, 15) is 31.1 Å². The van der Waals surface area contributed by atoms with Crippen LogP contribution in [-0.4, -0.2) is 19.9 Å². The van der Waals surface area contributed by atoms with Gasteiger partial charge in [0.2, 0.25) is 0 Å². The Labute approximate surface area is 192 Å². The predicted octanol–water partition coefficient (Wildman–Crippen LogP) is 7.74. The minimum Gasteiger partial charge on any atom is -0.272 e. The first-order valence-electron chi connectivity index (χ1n) is 9.42. The second-order valence-electron chi connectivity index (χ2n) is 8.11. The molecule has 1 atom stereocenters. The average molecular weight is 494 g/mol. The van der Waals surface area contributed by atoms with E-state index in [1.165, 1.54) is 0 Å². The zero-order valence-corrected chi connectivity index (χ0v) is 19.3. The normalized spacial score (nSPS) is 13.6. The van der Waals surface area contributed by atoms with Gasteiger partial charge in [-0.2, -0.15) is 26.3 Å². The van der Waals surface area contributed by atoms with Crippen LogP contribution in [-0.2, 0) is 12.4 Å². The summed E-state index contributed by atoms with van der Waals surface area (Å²) in [5.74, 6) is -1.29. The Morgan fingerprint density at radius 3 is 1.78 bits per heavy atom. The lowest BCUT2D eigenvalue weighted by atomic mass is 10.0. The van der Waals surface area contributed by atoms with Crippen molar-refractivity contribution in [2.75, 3.05) is 0 Å². The molecule has 0 radical (unpaired) electrons. The van der Waals surface area contributed by atoms with Crippen LogP contribution in [0.2, 0.25) is 0 Å². The van der Waals surface area contributed by atoms with Crippen LogP contribution in [0.4, 0.5) is 26.3 Å². The molecule has 2 aromatic carbocycles. The van der Waals surface area contributed by atoms with Gasteiger partial charge in [-0.3, -0.25) is 9.10 Å². The Kier molecular flexibility index (Phi) is 7.71. The van der Waals surface area contributed by atoms with Gasteiger partial charge in [0.1, 0.15) is 0 Å². The smallest absolute Gasteiger partial charge is 0.272 e. The molecule has 0 heterocycles. The lowest BCUT2D eigenvalue weighted by Crippen LogP contribution is -2.42. The molecule has 32 heavy (non-hydrogen) atoms. The molecule has 0 spiro atoms. The van der Waals surface area contributed by atoms with Gasteiger partial charge in [-0.15, -0.1) is 0 Å². The number of benzene rings is 2. The number of carbonyl (C=O) groups is 1. The second kappa shape index (κ2) is 9.43. The molecule has 0 aromatic heterocycles. The van der Waals surface area contributed by atoms with Crippen LogP contribution in [0.15, 0.2) is 48.5 Å². The van der Waals surface area contributed by atoms with E-state index in [4.69, 9.17) is 12.2 Å². The highest BCUT2D eigenvalue weighted by Gasteiger charge is 2.39. The van der Waals surface area contributed by atoms with Crippen molar-refractivity contribution in [2.45, 2.75) is 51.5 Å². The van der Waals surface area contributed by atoms with E-state index in [0.717, 1.165) is 21.8 Å². The molecule has 10 heteroatoms. The fraction of sp³-hybridized carbons (Fsp3) is 0.364. The molecule has 174 valence electrons. The quantitative estimate of drug-likeness (QED) is 0.248. The minimum atomic E-state index is -5.05. The number of carbonyl (C=O) groups excluding carboxylic acids is 1. The molecule has 1 unspecified atom stereocenters. The van der Waals surface area contributed by atoms with E-state index >= 15 is 0 Å². The lowest BCUT2D eigenvalue weighted by molar-refractivity contribution is -0.143. The van der Waals surface area contributed by atoms with E-state index in [-0.39, 0.29) is 12.0 Å². The van der Waals surface area contributed by atoms with E-state index in [0.29, 0.717) is 16.3 Å². The Bertz CT molecular complexity index is 948. The number of halogens is 6. The Morgan fingerprint density at radius 2 is 1.38 bits per heavy atom. The van der Waals surface area contributed by atoms with Gasteiger partial charge < -0.3 is 0 Å². The number of hydrogen-bond donors (Lipinski definition) is 0. The van der Waals surface area contributed by atoms with Gasteiger partial charge in [-0.25, -0.2) is 0 Å². The van der Waals surface area contributed by atoms with E-state index in [2.05, 4.69) is 0 Å². The molecule has 1 amide bonds. The first kappa shape index (κ1) is 26.2. The minimum absolute atomic E-state index is 0.00649. The summed E-state index contributed by atoms with van der Waals surface area (Å²) in [7, 11) is 0. The fourth-order valence-corrected chi connectivity index (χ4v) is 4.02. The van der Waals surface area contributed by atoms with Crippen LogP contribution in [0.3, 0.4) is 0 Å². The zero-order valence-electron chi connectivity index (χ0n) is 17.6. The largest absolute Gasteiger partial charge is 0.416 e. The van der Waals surface area contributed by atoms with Gasteiger partial charge >= 0.3 is 12.4 Å². The van der Waals surface area contributed by atoms with E-state index in [1.54, 1.807) is 20.8 Å². The average Bonchev–Trinajstić information content (AvgIpc) is 2.69. The third-order valence-corrected chi connectivity index (χ3v) is 6.47. The highest BCUT2D eigenvalue weighted by molar-refractivity contribution is 8.22. The van der Waals surface area contributed by atoms with Crippen molar-refractivity contribution in [3.8, 4) is 0 Å². The number of thiocarbonyl (C=S) groups is 1. The number of hydrogen-bond acceptors (Lipinski definition) is 3. The van der Waals surface area contributed by atoms with Crippen LogP contribution in [0.5, 0.6) is 0 Å². The van der Waals surface area contributed by atoms with Crippen LogP contribution in [0.1, 0.15) is 60.7 Å². The molecule has 0 aliphatic carbocycles. The standard InChI is InChI=1S/C22H21F6NOS2/c1-13(14-8-6-5-7-9-14)19(31)32-29(20(2,3)4)18(30)15-10-16(21(23,24)25)12-17(11-15)22(26,27)28/h5-13H,1-4H3. The van der Waals surface area contributed by atoms with Crippen molar-refractivity contribution < 1.29 is 31.1 Å². The van der Waals surface area contributed by atoms with Gasteiger partial charge in [0, 0.05) is 17.0 Å². The maximum atomic E-state index is 13.2. The molecule has 0 aliphatic heterocycles. The van der Waals surface area contributed by atoms with Crippen molar-refractivity contribution in [1.29, 1.82) is 0 Å². The molecule has 2 rings (SSSR count). The van der Waals surface area contributed by atoms with Crippen molar-refractivity contribution in [2.24, 2.45) is 0 Å². The van der Waals surface area contributed by atoms with Crippen molar-refractivity contribution in [3.63, 3.8) is 0 Å². The van der Waals surface area contributed by atoms with Crippen molar-refractivity contribution in [3.05, 3.63) is 70.8 Å². The van der Waals surface area contributed by atoms with Gasteiger partial charge in [0.25, 0.3) is 5.91 Å². The number of amides is 1. The SMILES string of the molecule is CC(C(=S)SN(C(=O)c1cc(C(F)(F)F)cc(C(F)(F)F)c1)C(C)(C)C)c1ccccc1. The van der Waals surface area contributed by atoms with Crippen molar-refractivity contribution >= 4 is 34.3 Å². The Balaban J connectivity index is 2.47. The monoisotopic (exact) mass is 493 g/mol. The van der Waals surface area contributed by atoms with Crippen molar-refractivity contribution in [1.82, 2.24) is 4.31 Å². The first-order chi connectivity index (χ1) is 14.5. The maximum absolute atomic E-state index is 13.2. The highest BCUT2D eigenvalue weighted by atomic mass is 32.2. The first-order valence-corrected chi connectivity index (χ1v) is 10.6. The van der Waals surface area contributed by atoms with Crippen LogP contribution in [0.25, 0.3) is 0 Å². The topological polar surface area (TPSA) is 20.3 Å². The molecule has 0 aliphatic rings. The summed E-state index contributed by atoms with van der Waals surface area (Å²) in [5, 5.41) is 0. The molecule has 0 N–H and O–H groups in total. The summed E-state index contributed by atoms with van der Waals surface area (Å²) in [6.07, 6.45) is -10.1. The lowest BCUT2D eigenvalue weighted by Gasteiger charge is -2.35. The van der Waals surface area contributed by atoms with Crippen LogP contribution >= 0.6 is 24.2 Å². The summed E-state index contributed by atoms with van der Waals surface area (Å²) in [5.41, 5.74) is -3.89. The third-order valence-electron chi connectivity index (χ3n) is 4.46. The number of nitrogens with zero attached hydrogens (tertiary/aromatic N) is 1. The number of rotatable bonds is 3. The molecular weight excluding hydrogens is 472 g/mol. The Hall–Kier alpha value is -2.07. The summed E-state index contributed by atoms with van der Waals surface area (Å²) >= 11 is 6.29. The Morgan fingerprint density at radius 1 is 0.906 bits per heavy atom. The molecule has 0 saturated heterocycles. The zero-order chi connectivity index (χ0) is 24.5. The van der Waals surface area contributed by atoms with Crippen LogP contribution in [0, 0.1) is 0 Å². The van der Waals surface area contributed by atoms with Gasteiger partial charge in [0.05, 0.1) is 15.3 Å². The van der Waals surface area contributed by atoms with E-state index < -0.39 is 40.5 Å². The van der Waals surface area contributed by atoms with Crippen LogP contribution < -0.4 is 0 Å². The van der Waals surface area contributed by atoms with Gasteiger partial charge in [-0.05, 0) is 56.5 Å². The molecule has 0 fully saturated rings. The van der Waals surface area contributed by atoms with Gasteiger partial charge in [-0.1, -0.05) is 49.5 Å². The predicted molar refractivity (Wildman–Crippen MR) is 117 cm³/mol. The highest BCUT2D eigenvalue weighted by Crippen LogP contribution is 2.38.